The molecule has 1 saturated heterocycles. The second kappa shape index (κ2) is 5.49. The fourth-order valence-corrected chi connectivity index (χ4v) is 3.16. The van der Waals surface area contributed by atoms with Crippen molar-refractivity contribution < 1.29 is 0 Å². The molecule has 1 unspecified atom stereocenters. The van der Waals surface area contributed by atoms with Gasteiger partial charge in [0.1, 0.15) is 16.8 Å². The van der Waals surface area contributed by atoms with Crippen molar-refractivity contribution in [3.05, 3.63) is 16.5 Å². The summed E-state index contributed by atoms with van der Waals surface area (Å²) >= 11 is 6.31. The van der Waals surface area contributed by atoms with Gasteiger partial charge in [0, 0.05) is 31.1 Å². The summed E-state index contributed by atoms with van der Waals surface area (Å²) in [5, 5.41) is 0.618. The van der Waals surface area contributed by atoms with Gasteiger partial charge >= 0.3 is 0 Å². The van der Waals surface area contributed by atoms with E-state index in [1.807, 2.05) is 6.92 Å². The van der Waals surface area contributed by atoms with Crippen LogP contribution in [0.1, 0.15) is 43.0 Å². The Hall–Kier alpha value is -0.870. The quantitative estimate of drug-likeness (QED) is 0.803. The molecule has 0 bridgehead atoms. The van der Waals surface area contributed by atoms with E-state index >= 15 is 0 Å². The van der Waals surface area contributed by atoms with Gasteiger partial charge in [0.2, 0.25) is 0 Å². The summed E-state index contributed by atoms with van der Waals surface area (Å²) in [6.45, 7) is 4.31. The molecule has 110 valence electrons. The zero-order valence-electron chi connectivity index (χ0n) is 12.6. The molecular weight excluding hydrogens is 272 g/mol. The van der Waals surface area contributed by atoms with E-state index in [4.69, 9.17) is 16.6 Å². The SMILES string of the molecule is Cc1c(Cl)nc(C2CC2)nc1N(C)C1CCCN(C)C1. The monoisotopic (exact) mass is 294 g/mol. The summed E-state index contributed by atoms with van der Waals surface area (Å²) in [6, 6.07) is 0.519. The van der Waals surface area contributed by atoms with Crippen LogP contribution < -0.4 is 4.90 Å². The number of likely N-dealkylation sites (N-methyl/N-ethyl adjacent to an activating group) is 2. The summed E-state index contributed by atoms with van der Waals surface area (Å²) in [5.74, 6) is 2.49. The molecular formula is C15H23ClN4. The van der Waals surface area contributed by atoms with Crippen molar-refractivity contribution in [3.63, 3.8) is 0 Å². The average Bonchev–Trinajstić information content (AvgIpc) is 3.25. The second-order valence-corrected chi connectivity index (χ2v) is 6.62. The van der Waals surface area contributed by atoms with E-state index in [1.54, 1.807) is 0 Å². The average molecular weight is 295 g/mol. The summed E-state index contributed by atoms with van der Waals surface area (Å²) in [7, 11) is 4.33. The predicted molar refractivity (Wildman–Crippen MR) is 82.7 cm³/mol. The summed E-state index contributed by atoms with van der Waals surface area (Å²) in [4.78, 5) is 14.0. The molecule has 0 amide bonds. The Morgan fingerprint density at radius 3 is 2.65 bits per heavy atom. The Bertz CT molecular complexity index is 501. The molecule has 2 fully saturated rings. The number of hydrogen-bond acceptors (Lipinski definition) is 4. The topological polar surface area (TPSA) is 32.3 Å². The first-order valence-electron chi connectivity index (χ1n) is 7.51. The van der Waals surface area contributed by atoms with E-state index in [-0.39, 0.29) is 0 Å². The van der Waals surface area contributed by atoms with E-state index in [1.165, 1.54) is 32.2 Å². The second-order valence-electron chi connectivity index (χ2n) is 6.26. The zero-order valence-corrected chi connectivity index (χ0v) is 13.3. The Balaban J connectivity index is 1.87. The van der Waals surface area contributed by atoms with Crippen molar-refractivity contribution in [2.24, 2.45) is 0 Å². The van der Waals surface area contributed by atoms with Gasteiger partial charge in [-0.15, -0.1) is 0 Å². The number of likely N-dealkylation sites (tertiary alicyclic amines) is 1. The lowest BCUT2D eigenvalue weighted by molar-refractivity contribution is 0.247. The highest BCUT2D eigenvalue weighted by Crippen LogP contribution is 2.40. The number of nitrogens with zero attached hydrogens (tertiary/aromatic N) is 4. The van der Waals surface area contributed by atoms with E-state index in [2.05, 4.69) is 28.9 Å². The number of rotatable bonds is 3. The Morgan fingerprint density at radius 1 is 1.25 bits per heavy atom. The molecule has 20 heavy (non-hydrogen) atoms. The van der Waals surface area contributed by atoms with Crippen molar-refractivity contribution in [1.82, 2.24) is 14.9 Å². The summed E-state index contributed by atoms with van der Waals surface area (Å²) in [6.07, 6.45) is 4.88. The fraction of sp³-hybridized carbons (Fsp3) is 0.733. The van der Waals surface area contributed by atoms with Crippen LogP contribution in [0, 0.1) is 6.92 Å². The minimum Gasteiger partial charge on any atom is -0.355 e. The maximum absolute atomic E-state index is 6.31. The van der Waals surface area contributed by atoms with Crippen LogP contribution in [0.15, 0.2) is 0 Å². The largest absolute Gasteiger partial charge is 0.355 e. The minimum atomic E-state index is 0.519. The number of piperidine rings is 1. The molecule has 1 aliphatic heterocycles. The van der Waals surface area contributed by atoms with Crippen molar-refractivity contribution >= 4 is 17.4 Å². The lowest BCUT2D eigenvalue weighted by Crippen LogP contribution is -2.45. The number of anilines is 1. The Labute approximate surface area is 126 Å². The van der Waals surface area contributed by atoms with Gasteiger partial charge in [-0.1, -0.05) is 11.6 Å². The van der Waals surface area contributed by atoms with Gasteiger partial charge < -0.3 is 9.80 Å². The van der Waals surface area contributed by atoms with Gasteiger partial charge in [0.15, 0.2) is 0 Å². The van der Waals surface area contributed by atoms with Gasteiger partial charge in [-0.25, -0.2) is 9.97 Å². The molecule has 1 aromatic heterocycles. The first-order valence-corrected chi connectivity index (χ1v) is 7.89. The number of aromatic nitrogens is 2. The van der Waals surface area contributed by atoms with Gasteiger partial charge in [-0.3, -0.25) is 0 Å². The zero-order chi connectivity index (χ0) is 14.3. The third kappa shape index (κ3) is 2.77. The number of halogens is 1. The van der Waals surface area contributed by atoms with Crippen LogP contribution >= 0.6 is 11.6 Å². The molecule has 3 rings (SSSR count). The van der Waals surface area contributed by atoms with E-state index in [0.29, 0.717) is 17.1 Å². The summed E-state index contributed by atoms with van der Waals surface area (Å²) < 4.78 is 0. The highest BCUT2D eigenvalue weighted by molar-refractivity contribution is 6.30. The molecule has 1 aromatic rings. The van der Waals surface area contributed by atoms with Crippen LogP contribution in [0.5, 0.6) is 0 Å². The van der Waals surface area contributed by atoms with Gasteiger partial charge in [0.05, 0.1) is 0 Å². The molecule has 0 spiro atoms. The first kappa shape index (κ1) is 14.1. The van der Waals surface area contributed by atoms with Gasteiger partial charge in [-0.2, -0.15) is 0 Å². The third-order valence-electron chi connectivity index (χ3n) is 4.50. The lowest BCUT2D eigenvalue weighted by Gasteiger charge is -2.37. The molecule has 0 radical (unpaired) electrons. The standard InChI is InChI=1S/C15H23ClN4/c1-10-13(16)17-14(11-6-7-11)18-15(10)20(3)12-5-4-8-19(2)9-12/h11-12H,4-9H2,1-3H3. The van der Waals surface area contributed by atoms with Crippen LogP contribution in [0.3, 0.4) is 0 Å². The van der Waals surface area contributed by atoms with E-state index in [9.17, 15) is 0 Å². The highest BCUT2D eigenvalue weighted by Gasteiger charge is 2.30. The highest BCUT2D eigenvalue weighted by atomic mass is 35.5. The van der Waals surface area contributed by atoms with Crippen LogP contribution in [0.4, 0.5) is 5.82 Å². The van der Waals surface area contributed by atoms with Crippen LogP contribution in [0.25, 0.3) is 0 Å². The smallest absolute Gasteiger partial charge is 0.137 e. The Morgan fingerprint density at radius 2 is 2.00 bits per heavy atom. The van der Waals surface area contributed by atoms with Crippen LogP contribution in [-0.2, 0) is 0 Å². The third-order valence-corrected chi connectivity index (χ3v) is 4.87. The molecule has 1 atom stereocenters. The van der Waals surface area contributed by atoms with Crippen molar-refractivity contribution in [3.8, 4) is 0 Å². The van der Waals surface area contributed by atoms with Crippen molar-refractivity contribution in [2.45, 2.75) is 44.6 Å². The number of hydrogen-bond donors (Lipinski definition) is 0. The normalized spacial score (nSPS) is 23.9. The minimum absolute atomic E-state index is 0.519. The first-order chi connectivity index (χ1) is 9.56. The van der Waals surface area contributed by atoms with Crippen LogP contribution in [0.2, 0.25) is 5.15 Å². The molecule has 2 aliphatic rings. The maximum Gasteiger partial charge on any atom is 0.137 e. The van der Waals surface area contributed by atoms with E-state index < -0.39 is 0 Å². The van der Waals surface area contributed by atoms with E-state index in [0.717, 1.165) is 23.8 Å². The molecule has 5 heteroatoms. The maximum atomic E-state index is 6.31. The van der Waals surface area contributed by atoms with Crippen molar-refractivity contribution in [1.29, 1.82) is 0 Å². The Kier molecular flexibility index (Phi) is 3.87. The van der Waals surface area contributed by atoms with Crippen LogP contribution in [-0.4, -0.2) is 48.1 Å². The van der Waals surface area contributed by atoms with Crippen molar-refractivity contribution in [2.75, 3.05) is 32.1 Å². The lowest BCUT2D eigenvalue weighted by atomic mass is 10.0. The fourth-order valence-electron chi connectivity index (χ4n) is 2.99. The van der Waals surface area contributed by atoms with Gasteiger partial charge in [0.25, 0.3) is 0 Å². The molecule has 4 nitrogen and oxygen atoms in total. The molecule has 2 heterocycles. The molecule has 0 N–H and O–H groups in total. The molecule has 0 aromatic carbocycles. The summed E-state index contributed by atoms with van der Waals surface area (Å²) in [5.41, 5.74) is 1.01. The predicted octanol–water partition coefficient (Wildman–Crippen LogP) is 2.85. The molecule has 1 aliphatic carbocycles. The van der Waals surface area contributed by atoms with Gasteiger partial charge in [-0.05, 0) is 46.2 Å². The molecule has 1 saturated carbocycles.